The first-order valence-corrected chi connectivity index (χ1v) is 6.78. The Morgan fingerprint density at radius 2 is 1.55 bits per heavy atom. The van der Waals surface area contributed by atoms with Crippen molar-refractivity contribution >= 4 is 11.6 Å². The molecule has 3 heteroatoms. The lowest BCUT2D eigenvalue weighted by Gasteiger charge is -2.31. The summed E-state index contributed by atoms with van der Waals surface area (Å²) in [5.74, 6) is -0.0996. The van der Waals surface area contributed by atoms with E-state index in [1.165, 1.54) is 0 Å². The molecule has 3 nitrogen and oxygen atoms in total. The third-order valence-corrected chi connectivity index (χ3v) is 3.45. The summed E-state index contributed by atoms with van der Waals surface area (Å²) >= 11 is 0. The van der Waals surface area contributed by atoms with Crippen LogP contribution >= 0.6 is 0 Å². The lowest BCUT2D eigenvalue weighted by Crippen LogP contribution is -2.51. The molecule has 0 saturated carbocycles. The van der Waals surface area contributed by atoms with Gasteiger partial charge in [0.1, 0.15) is 5.54 Å². The minimum atomic E-state index is -1.03. The van der Waals surface area contributed by atoms with Gasteiger partial charge in [0.15, 0.2) is 0 Å². The van der Waals surface area contributed by atoms with Gasteiger partial charge in [0.25, 0.3) is 5.91 Å². The average molecular weight is 268 g/mol. The fourth-order valence-electron chi connectivity index (χ4n) is 2.24. The molecule has 2 N–H and O–H groups in total. The number of hydrogen-bond acceptors (Lipinski definition) is 2. The number of rotatable bonds is 4. The minimum Gasteiger partial charge on any atom is -0.314 e. The van der Waals surface area contributed by atoms with Gasteiger partial charge in [-0.3, -0.25) is 4.79 Å². The largest absolute Gasteiger partial charge is 0.314 e. The van der Waals surface area contributed by atoms with E-state index in [1.54, 1.807) is 11.8 Å². The van der Waals surface area contributed by atoms with Crippen LogP contribution in [0.5, 0.6) is 0 Å². The van der Waals surface area contributed by atoms with E-state index in [0.717, 1.165) is 11.3 Å². The van der Waals surface area contributed by atoms with Gasteiger partial charge in [-0.2, -0.15) is 0 Å². The topological polar surface area (TPSA) is 46.3 Å². The van der Waals surface area contributed by atoms with Crippen molar-refractivity contribution in [2.45, 2.75) is 19.4 Å². The lowest BCUT2D eigenvalue weighted by molar-refractivity contribution is -0.123. The predicted octanol–water partition coefficient (Wildman–Crippen LogP) is 2.91. The molecule has 0 fully saturated rings. The predicted molar refractivity (Wildman–Crippen MR) is 82.5 cm³/mol. The van der Waals surface area contributed by atoms with Crippen LogP contribution in [0.1, 0.15) is 19.4 Å². The van der Waals surface area contributed by atoms with Crippen LogP contribution in [0.3, 0.4) is 0 Å². The normalized spacial score (nSPS) is 13.6. The molecule has 0 aromatic heterocycles. The van der Waals surface area contributed by atoms with Crippen LogP contribution < -0.4 is 10.6 Å². The molecule has 0 radical (unpaired) electrons. The molecule has 0 aliphatic carbocycles. The van der Waals surface area contributed by atoms with Crippen molar-refractivity contribution in [2.75, 3.05) is 11.4 Å². The zero-order valence-corrected chi connectivity index (χ0v) is 11.9. The number of nitrogens with zero attached hydrogens (tertiary/aromatic N) is 1. The molecule has 0 saturated heterocycles. The molecule has 0 aliphatic heterocycles. The summed E-state index contributed by atoms with van der Waals surface area (Å²) in [4.78, 5) is 14.5. The van der Waals surface area contributed by atoms with Crippen LogP contribution in [0.15, 0.2) is 60.7 Å². The molecular weight excluding hydrogens is 248 g/mol. The van der Waals surface area contributed by atoms with Crippen LogP contribution in [-0.4, -0.2) is 12.5 Å². The third-order valence-electron chi connectivity index (χ3n) is 3.45. The van der Waals surface area contributed by atoms with E-state index in [1.807, 2.05) is 67.6 Å². The average Bonchev–Trinajstić information content (AvgIpc) is 2.50. The number of anilines is 1. The van der Waals surface area contributed by atoms with E-state index >= 15 is 0 Å². The van der Waals surface area contributed by atoms with E-state index in [-0.39, 0.29) is 5.91 Å². The molecule has 0 aliphatic rings. The highest BCUT2D eigenvalue weighted by Gasteiger charge is 2.34. The Kier molecular flexibility index (Phi) is 4.20. The van der Waals surface area contributed by atoms with Crippen molar-refractivity contribution in [3.05, 3.63) is 66.2 Å². The van der Waals surface area contributed by atoms with Crippen molar-refractivity contribution in [3.8, 4) is 0 Å². The quantitative estimate of drug-likeness (QED) is 0.926. The number of amides is 1. The second kappa shape index (κ2) is 5.88. The molecule has 1 atom stereocenters. The molecule has 1 amide bonds. The molecular formula is C17H20N2O. The van der Waals surface area contributed by atoms with E-state index in [4.69, 9.17) is 5.73 Å². The van der Waals surface area contributed by atoms with E-state index in [2.05, 4.69) is 0 Å². The van der Waals surface area contributed by atoms with Crippen LogP contribution in [-0.2, 0) is 10.3 Å². The standard InChI is InChI=1S/C17H20N2O/c1-3-19(15-12-8-5-9-13-15)16(20)17(2,18)14-10-6-4-7-11-14/h4-13H,3,18H2,1-2H3. The van der Waals surface area contributed by atoms with Crippen molar-refractivity contribution in [2.24, 2.45) is 5.73 Å². The number of carbonyl (C=O) groups is 1. The van der Waals surface area contributed by atoms with Crippen LogP contribution in [0.4, 0.5) is 5.69 Å². The maximum atomic E-state index is 12.8. The van der Waals surface area contributed by atoms with Gasteiger partial charge in [-0.05, 0) is 31.5 Å². The Morgan fingerprint density at radius 3 is 2.05 bits per heavy atom. The first-order chi connectivity index (χ1) is 9.57. The summed E-state index contributed by atoms with van der Waals surface area (Å²) in [6.45, 7) is 4.30. The highest BCUT2D eigenvalue weighted by Crippen LogP contribution is 2.24. The summed E-state index contributed by atoms with van der Waals surface area (Å²) in [6, 6.07) is 19.1. The molecule has 20 heavy (non-hydrogen) atoms. The molecule has 104 valence electrons. The summed E-state index contributed by atoms with van der Waals surface area (Å²) in [5, 5.41) is 0. The molecule has 2 aromatic carbocycles. The zero-order valence-electron chi connectivity index (χ0n) is 11.9. The minimum absolute atomic E-state index is 0.0996. The summed E-state index contributed by atoms with van der Waals surface area (Å²) in [5.41, 5.74) is 6.96. The zero-order chi connectivity index (χ0) is 14.6. The molecule has 0 heterocycles. The van der Waals surface area contributed by atoms with Gasteiger partial charge in [-0.15, -0.1) is 0 Å². The smallest absolute Gasteiger partial charge is 0.251 e. The van der Waals surface area contributed by atoms with Gasteiger partial charge < -0.3 is 10.6 Å². The van der Waals surface area contributed by atoms with Crippen LogP contribution in [0, 0.1) is 0 Å². The number of likely N-dealkylation sites (N-methyl/N-ethyl adjacent to an activating group) is 1. The first kappa shape index (κ1) is 14.3. The fraction of sp³-hybridized carbons (Fsp3) is 0.235. The Balaban J connectivity index is 2.34. The van der Waals surface area contributed by atoms with E-state index in [0.29, 0.717) is 6.54 Å². The fourth-order valence-corrected chi connectivity index (χ4v) is 2.24. The maximum Gasteiger partial charge on any atom is 0.251 e. The van der Waals surface area contributed by atoms with Crippen LogP contribution in [0.25, 0.3) is 0 Å². The lowest BCUT2D eigenvalue weighted by atomic mass is 9.91. The number of para-hydroxylation sites is 1. The third kappa shape index (κ3) is 2.73. The molecule has 2 aromatic rings. The second-order valence-corrected chi connectivity index (χ2v) is 4.95. The van der Waals surface area contributed by atoms with Crippen molar-refractivity contribution in [3.63, 3.8) is 0 Å². The highest BCUT2D eigenvalue weighted by atomic mass is 16.2. The van der Waals surface area contributed by atoms with Gasteiger partial charge >= 0.3 is 0 Å². The van der Waals surface area contributed by atoms with Gasteiger partial charge in [0.05, 0.1) is 0 Å². The number of nitrogens with two attached hydrogens (primary N) is 1. The van der Waals surface area contributed by atoms with E-state index in [9.17, 15) is 4.79 Å². The van der Waals surface area contributed by atoms with Gasteiger partial charge in [0, 0.05) is 12.2 Å². The van der Waals surface area contributed by atoms with Crippen molar-refractivity contribution < 1.29 is 4.79 Å². The summed E-state index contributed by atoms with van der Waals surface area (Å²) in [7, 11) is 0. The van der Waals surface area contributed by atoms with Gasteiger partial charge in [-0.25, -0.2) is 0 Å². The van der Waals surface area contributed by atoms with Crippen molar-refractivity contribution in [1.29, 1.82) is 0 Å². The monoisotopic (exact) mass is 268 g/mol. The number of benzene rings is 2. The molecule has 0 bridgehead atoms. The summed E-state index contributed by atoms with van der Waals surface area (Å²) in [6.07, 6.45) is 0. The highest BCUT2D eigenvalue weighted by molar-refractivity contribution is 6.00. The number of carbonyl (C=O) groups excluding carboxylic acids is 1. The van der Waals surface area contributed by atoms with Crippen molar-refractivity contribution in [1.82, 2.24) is 0 Å². The Hall–Kier alpha value is -2.13. The van der Waals surface area contributed by atoms with Gasteiger partial charge in [0.2, 0.25) is 0 Å². The van der Waals surface area contributed by atoms with Crippen LogP contribution in [0.2, 0.25) is 0 Å². The summed E-state index contributed by atoms with van der Waals surface area (Å²) < 4.78 is 0. The first-order valence-electron chi connectivity index (χ1n) is 6.78. The Morgan fingerprint density at radius 1 is 1.05 bits per heavy atom. The van der Waals surface area contributed by atoms with E-state index < -0.39 is 5.54 Å². The molecule has 1 unspecified atom stereocenters. The SMILES string of the molecule is CCN(C(=O)C(C)(N)c1ccccc1)c1ccccc1. The molecule has 0 spiro atoms. The Bertz CT molecular complexity index is 564. The molecule has 2 rings (SSSR count). The Labute approximate surface area is 120 Å². The second-order valence-electron chi connectivity index (χ2n) is 4.95. The number of hydrogen-bond donors (Lipinski definition) is 1. The van der Waals surface area contributed by atoms with Gasteiger partial charge in [-0.1, -0.05) is 48.5 Å². The maximum absolute atomic E-state index is 12.8.